The van der Waals surface area contributed by atoms with Crippen LogP contribution in [0.2, 0.25) is 5.02 Å². The summed E-state index contributed by atoms with van der Waals surface area (Å²) in [5.41, 5.74) is 2.17. The van der Waals surface area contributed by atoms with E-state index in [1.165, 1.54) is 0 Å². The van der Waals surface area contributed by atoms with E-state index in [1.54, 1.807) is 0 Å². The van der Waals surface area contributed by atoms with Crippen LogP contribution in [-0.4, -0.2) is 16.6 Å². The maximum atomic E-state index is 11.2. The molecule has 4 heteroatoms. The molecule has 3 nitrogen and oxygen atoms in total. The van der Waals surface area contributed by atoms with Gasteiger partial charge in [0.2, 0.25) is 5.91 Å². The standard InChI is InChI=1S/C12H12ClNO2/c13-9-4-7(6-12(16)1-2-12)3-8-5-10(15)14-11(8)9/h3-4,16H,1-2,5-6H2,(H,14,15). The Labute approximate surface area is 98.4 Å². The average molecular weight is 238 g/mol. The highest BCUT2D eigenvalue weighted by molar-refractivity contribution is 6.34. The number of carbonyl (C=O) groups is 1. The predicted molar refractivity (Wildman–Crippen MR) is 61.7 cm³/mol. The molecular formula is C12H12ClNO2. The minimum atomic E-state index is -0.520. The first-order valence-corrected chi connectivity index (χ1v) is 5.77. The summed E-state index contributed by atoms with van der Waals surface area (Å²) in [5.74, 6) is -0.0146. The van der Waals surface area contributed by atoms with E-state index in [4.69, 9.17) is 11.6 Å². The van der Waals surface area contributed by atoms with Crippen LogP contribution in [0.15, 0.2) is 12.1 Å². The van der Waals surface area contributed by atoms with Crippen molar-refractivity contribution >= 4 is 23.2 Å². The third kappa shape index (κ3) is 1.70. The topological polar surface area (TPSA) is 49.3 Å². The SMILES string of the molecule is O=C1Cc2cc(CC3(O)CC3)cc(Cl)c2N1. The summed E-state index contributed by atoms with van der Waals surface area (Å²) in [7, 11) is 0. The van der Waals surface area contributed by atoms with Crippen LogP contribution in [0.1, 0.15) is 24.0 Å². The van der Waals surface area contributed by atoms with Gasteiger partial charge in [-0.3, -0.25) is 4.79 Å². The number of benzene rings is 1. The highest BCUT2D eigenvalue weighted by Gasteiger charge is 2.40. The predicted octanol–water partition coefficient (Wildman–Crippen LogP) is 1.90. The van der Waals surface area contributed by atoms with Crippen molar-refractivity contribution in [1.29, 1.82) is 0 Å². The second-order valence-electron chi connectivity index (χ2n) is 4.74. The number of amides is 1. The third-order valence-electron chi connectivity index (χ3n) is 3.21. The van der Waals surface area contributed by atoms with Gasteiger partial charge in [0, 0.05) is 6.42 Å². The molecule has 1 fully saturated rings. The number of carbonyl (C=O) groups excluding carboxylic acids is 1. The van der Waals surface area contributed by atoms with Gasteiger partial charge < -0.3 is 10.4 Å². The van der Waals surface area contributed by atoms with Crippen molar-refractivity contribution in [1.82, 2.24) is 0 Å². The Balaban J connectivity index is 1.94. The van der Waals surface area contributed by atoms with Crippen molar-refractivity contribution in [3.63, 3.8) is 0 Å². The maximum absolute atomic E-state index is 11.2. The van der Waals surface area contributed by atoms with E-state index < -0.39 is 5.60 Å². The zero-order valence-corrected chi connectivity index (χ0v) is 9.47. The molecule has 0 saturated heterocycles. The molecule has 0 radical (unpaired) electrons. The Kier molecular flexibility index (Phi) is 2.03. The Morgan fingerprint density at radius 1 is 1.44 bits per heavy atom. The molecule has 1 amide bonds. The molecule has 0 spiro atoms. The van der Waals surface area contributed by atoms with E-state index in [0.717, 1.165) is 29.7 Å². The summed E-state index contributed by atoms with van der Waals surface area (Å²) in [5, 5.41) is 13.2. The van der Waals surface area contributed by atoms with Gasteiger partial charge in [-0.1, -0.05) is 17.7 Å². The van der Waals surface area contributed by atoms with Crippen molar-refractivity contribution in [3.05, 3.63) is 28.3 Å². The van der Waals surface area contributed by atoms with E-state index in [-0.39, 0.29) is 5.91 Å². The molecule has 0 aromatic heterocycles. The zero-order valence-electron chi connectivity index (χ0n) is 8.72. The lowest BCUT2D eigenvalue weighted by Gasteiger charge is -2.10. The first kappa shape index (κ1) is 10.1. The number of halogens is 1. The summed E-state index contributed by atoms with van der Waals surface area (Å²) >= 11 is 6.09. The first-order chi connectivity index (χ1) is 7.56. The molecule has 0 bridgehead atoms. The fourth-order valence-electron chi connectivity index (χ4n) is 2.17. The molecule has 1 aliphatic heterocycles. The van der Waals surface area contributed by atoms with Crippen molar-refractivity contribution in [2.45, 2.75) is 31.3 Å². The average Bonchev–Trinajstić information content (AvgIpc) is 2.76. The fourth-order valence-corrected chi connectivity index (χ4v) is 2.47. The minimum absolute atomic E-state index is 0.0146. The van der Waals surface area contributed by atoms with Gasteiger partial charge in [-0.25, -0.2) is 0 Å². The third-order valence-corrected chi connectivity index (χ3v) is 3.51. The summed E-state index contributed by atoms with van der Waals surface area (Å²) < 4.78 is 0. The number of fused-ring (bicyclic) bond motifs is 1. The zero-order chi connectivity index (χ0) is 11.3. The van der Waals surface area contributed by atoms with Crippen LogP contribution in [0.3, 0.4) is 0 Å². The molecule has 84 valence electrons. The second kappa shape index (κ2) is 3.22. The van der Waals surface area contributed by atoms with Gasteiger partial charge in [-0.15, -0.1) is 0 Å². The van der Waals surface area contributed by atoms with Crippen LogP contribution in [0.4, 0.5) is 5.69 Å². The van der Waals surface area contributed by atoms with Gasteiger partial charge in [-0.2, -0.15) is 0 Å². The van der Waals surface area contributed by atoms with Crippen LogP contribution >= 0.6 is 11.6 Å². The normalized spacial score (nSPS) is 20.5. The molecular weight excluding hydrogens is 226 g/mol. The van der Waals surface area contributed by atoms with Crippen molar-refractivity contribution < 1.29 is 9.90 Å². The number of hydrogen-bond donors (Lipinski definition) is 2. The van der Waals surface area contributed by atoms with Gasteiger partial charge in [0.15, 0.2) is 0 Å². The number of anilines is 1. The van der Waals surface area contributed by atoms with Crippen LogP contribution in [0.25, 0.3) is 0 Å². The van der Waals surface area contributed by atoms with Crippen LogP contribution in [0.5, 0.6) is 0 Å². The Morgan fingerprint density at radius 2 is 2.19 bits per heavy atom. The molecule has 16 heavy (non-hydrogen) atoms. The van der Waals surface area contributed by atoms with Gasteiger partial charge in [0.05, 0.1) is 22.7 Å². The highest BCUT2D eigenvalue weighted by Crippen LogP contribution is 2.40. The highest BCUT2D eigenvalue weighted by atomic mass is 35.5. The van der Waals surface area contributed by atoms with Crippen LogP contribution in [-0.2, 0) is 17.6 Å². The van der Waals surface area contributed by atoms with E-state index in [2.05, 4.69) is 5.32 Å². The Bertz CT molecular complexity index is 480. The molecule has 1 saturated carbocycles. The second-order valence-corrected chi connectivity index (χ2v) is 5.15. The lowest BCUT2D eigenvalue weighted by molar-refractivity contribution is -0.115. The first-order valence-electron chi connectivity index (χ1n) is 5.39. The van der Waals surface area contributed by atoms with Gasteiger partial charge in [0.25, 0.3) is 0 Å². The van der Waals surface area contributed by atoms with Crippen LogP contribution in [0, 0.1) is 0 Å². The smallest absolute Gasteiger partial charge is 0.228 e. The van der Waals surface area contributed by atoms with Crippen molar-refractivity contribution in [3.8, 4) is 0 Å². The van der Waals surface area contributed by atoms with Gasteiger partial charge >= 0.3 is 0 Å². The van der Waals surface area contributed by atoms with E-state index >= 15 is 0 Å². The molecule has 1 aromatic carbocycles. The Hall–Kier alpha value is -1.06. The van der Waals surface area contributed by atoms with Crippen LogP contribution < -0.4 is 5.32 Å². The largest absolute Gasteiger partial charge is 0.390 e. The van der Waals surface area contributed by atoms with Gasteiger partial charge in [0.1, 0.15) is 0 Å². The minimum Gasteiger partial charge on any atom is -0.390 e. The molecule has 2 aliphatic rings. The fraction of sp³-hybridized carbons (Fsp3) is 0.417. The monoisotopic (exact) mass is 237 g/mol. The van der Waals surface area contributed by atoms with E-state index in [1.807, 2.05) is 12.1 Å². The van der Waals surface area contributed by atoms with Crippen molar-refractivity contribution in [2.24, 2.45) is 0 Å². The molecule has 0 unspecified atom stereocenters. The van der Waals surface area contributed by atoms with E-state index in [9.17, 15) is 9.90 Å². The molecule has 1 aliphatic carbocycles. The van der Waals surface area contributed by atoms with E-state index in [0.29, 0.717) is 17.9 Å². The number of hydrogen-bond acceptors (Lipinski definition) is 2. The summed E-state index contributed by atoms with van der Waals surface area (Å²) in [6.07, 6.45) is 2.74. The lowest BCUT2D eigenvalue weighted by atomic mass is 10.0. The summed E-state index contributed by atoms with van der Waals surface area (Å²) in [4.78, 5) is 11.2. The molecule has 3 rings (SSSR count). The lowest BCUT2D eigenvalue weighted by Crippen LogP contribution is -2.10. The maximum Gasteiger partial charge on any atom is 0.228 e. The summed E-state index contributed by atoms with van der Waals surface area (Å²) in [6.45, 7) is 0. The Morgan fingerprint density at radius 3 is 2.88 bits per heavy atom. The van der Waals surface area contributed by atoms with Crippen molar-refractivity contribution in [2.75, 3.05) is 5.32 Å². The van der Waals surface area contributed by atoms with Gasteiger partial charge in [-0.05, 0) is 30.0 Å². The molecule has 1 heterocycles. The number of nitrogens with one attached hydrogen (secondary N) is 1. The number of rotatable bonds is 2. The molecule has 1 aromatic rings. The molecule has 2 N–H and O–H groups in total. The molecule has 0 atom stereocenters. The quantitative estimate of drug-likeness (QED) is 0.826. The number of aliphatic hydroxyl groups is 1. The summed E-state index contributed by atoms with van der Waals surface area (Å²) in [6, 6.07) is 3.80.